The topological polar surface area (TPSA) is 26.3 Å². The zero-order valence-electron chi connectivity index (χ0n) is 11.8. The summed E-state index contributed by atoms with van der Waals surface area (Å²) in [7, 11) is 0. The zero-order chi connectivity index (χ0) is 13.8. The molecule has 2 rings (SSSR count). The predicted octanol–water partition coefficient (Wildman–Crippen LogP) is 3.91. The number of benzene rings is 1. The number of carbonyl (C=O) groups is 1. The Morgan fingerprint density at radius 3 is 2.58 bits per heavy atom. The summed E-state index contributed by atoms with van der Waals surface area (Å²) in [5.41, 5.74) is 4.60. The van der Waals surface area contributed by atoms with E-state index in [2.05, 4.69) is 50.3 Å². The number of allylic oxidation sites excluding steroid dienone is 3. The lowest BCUT2D eigenvalue weighted by molar-refractivity contribution is -0.145. The number of rotatable bonds is 3. The van der Waals surface area contributed by atoms with E-state index in [9.17, 15) is 4.79 Å². The third-order valence-corrected chi connectivity index (χ3v) is 3.39. The number of carbonyl (C=O) groups excluding carboxylic acids is 1. The average molecular weight is 256 g/mol. The maximum atomic E-state index is 12.1. The number of hydrogen-bond acceptors (Lipinski definition) is 2. The minimum absolute atomic E-state index is 0.127. The first-order valence-electron chi connectivity index (χ1n) is 6.74. The fourth-order valence-corrected chi connectivity index (χ4v) is 2.33. The Morgan fingerprint density at radius 1 is 1.26 bits per heavy atom. The molecule has 1 aliphatic carbocycles. The molecule has 1 aromatic rings. The van der Waals surface area contributed by atoms with Crippen LogP contribution in [0.3, 0.4) is 0 Å². The lowest BCUT2D eigenvalue weighted by atomic mass is 9.84. The van der Waals surface area contributed by atoms with Crippen molar-refractivity contribution in [1.29, 1.82) is 0 Å². The molecule has 0 saturated heterocycles. The predicted molar refractivity (Wildman–Crippen MR) is 77.7 cm³/mol. The van der Waals surface area contributed by atoms with Gasteiger partial charge in [-0.3, -0.25) is 4.79 Å². The second-order valence-corrected chi connectivity index (χ2v) is 4.95. The molecule has 0 aromatic heterocycles. The van der Waals surface area contributed by atoms with E-state index in [1.54, 1.807) is 0 Å². The van der Waals surface area contributed by atoms with E-state index in [4.69, 9.17) is 4.74 Å². The minimum Gasteiger partial charge on any atom is -0.466 e. The lowest BCUT2D eigenvalue weighted by Crippen LogP contribution is -2.20. The highest BCUT2D eigenvalue weighted by Gasteiger charge is 2.26. The van der Waals surface area contributed by atoms with Gasteiger partial charge in [0.25, 0.3) is 0 Å². The molecule has 0 spiro atoms. The van der Waals surface area contributed by atoms with Gasteiger partial charge in [-0.05, 0) is 38.3 Å². The quantitative estimate of drug-likeness (QED) is 0.766. The average Bonchev–Trinajstić information content (AvgIpc) is 2.39. The highest BCUT2D eigenvalue weighted by Crippen LogP contribution is 2.33. The molecule has 0 saturated carbocycles. The van der Waals surface area contributed by atoms with Crippen LogP contribution in [0.25, 0.3) is 5.57 Å². The number of esters is 1. The minimum atomic E-state index is -0.175. The van der Waals surface area contributed by atoms with Crippen LogP contribution in [0.2, 0.25) is 0 Å². The van der Waals surface area contributed by atoms with Gasteiger partial charge >= 0.3 is 5.97 Å². The monoisotopic (exact) mass is 256 g/mol. The summed E-state index contributed by atoms with van der Waals surface area (Å²) in [6.07, 6.45) is 4.92. The van der Waals surface area contributed by atoms with Gasteiger partial charge in [0.05, 0.1) is 12.5 Å². The second kappa shape index (κ2) is 5.87. The van der Waals surface area contributed by atoms with Gasteiger partial charge in [0.1, 0.15) is 0 Å². The van der Waals surface area contributed by atoms with Crippen molar-refractivity contribution >= 4 is 11.5 Å². The van der Waals surface area contributed by atoms with E-state index in [1.165, 1.54) is 11.1 Å². The molecule has 100 valence electrons. The third-order valence-electron chi connectivity index (χ3n) is 3.39. The molecule has 0 bridgehead atoms. The van der Waals surface area contributed by atoms with Crippen molar-refractivity contribution in [3.8, 4) is 0 Å². The Balaban J connectivity index is 2.34. The molecule has 0 amide bonds. The molecule has 0 fully saturated rings. The highest BCUT2D eigenvalue weighted by atomic mass is 16.5. The Morgan fingerprint density at radius 2 is 1.95 bits per heavy atom. The Kier molecular flexibility index (Phi) is 4.20. The van der Waals surface area contributed by atoms with Crippen LogP contribution in [0, 0.1) is 12.8 Å². The first-order chi connectivity index (χ1) is 9.11. The summed E-state index contributed by atoms with van der Waals surface area (Å²) in [6, 6.07) is 8.30. The van der Waals surface area contributed by atoms with Crippen LogP contribution in [0.15, 0.2) is 42.0 Å². The summed E-state index contributed by atoms with van der Waals surface area (Å²) < 4.78 is 5.18. The molecule has 0 N–H and O–H groups in total. The zero-order valence-corrected chi connectivity index (χ0v) is 11.8. The summed E-state index contributed by atoms with van der Waals surface area (Å²) in [5.74, 6) is -0.301. The van der Waals surface area contributed by atoms with Crippen molar-refractivity contribution in [3.05, 3.63) is 53.1 Å². The largest absolute Gasteiger partial charge is 0.466 e. The van der Waals surface area contributed by atoms with Gasteiger partial charge in [-0.15, -0.1) is 0 Å². The molecule has 2 heteroatoms. The first-order valence-corrected chi connectivity index (χ1v) is 6.74. The van der Waals surface area contributed by atoms with Crippen LogP contribution in [0.5, 0.6) is 0 Å². The number of hydrogen-bond donors (Lipinski definition) is 0. The highest BCUT2D eigenvalue weighted by molar-refractivity contribution is 5.90. The molecular weight excluding hydrogens is 236 g/mol. The summed E-state index contributed by atoms with van der Waals surface area (Å²) in [5, 5.41) is 0. The molecule has 0 aliphatic heterocycles. The second-order valence-electron chi connectivity index (χ2n) is 4.95. The van der Waals surface area contributed by atoms with Crippen LogP contribution < -0.4 is 0 Å². The maximum Gasteiger partial charge on any atom is 0.313 e. The molecule has 19 heavy (non-hydrogen) atoms. The molecule has 1 aromatic carbocycles. The SMILES string of the molecule is CCOC(=O)C1CC=C(C)C=C1c1ccc(C)cc1. The molecule has 0 radical (unpaired) electrons. The normalized spacial score (nSPS) is 18.6. The van der Waals surface area contributed by atoms with Gasteiger partial charge in [0, 0.05) is 0 Å². The van der Waals surface area contributed by atoms with Gasteiger partial charge in [-0.1, -0.05) is 47.6 Å². The maximum absolute atomic E-state index is 12.1. The van der Waals surface area contributed by atoms with Crippen molar-refractivity contribution < 1.29 is 9.53 Å². The van der Waals surface area contributed by atoms with E-state index in [0.717, 1.165) is 17.6 Å². The molecule has 1 unspecified atom stereocenters. The Bertz CT molecular complexity index is 521. The third kappa shape index (κ3) is 3.14. The lowest BCUT2D eigenvalue weighted by Gasteiger charge is -2.22. The smallest absolute Gasteiger partial charge is 0.313 e. The van der Waals surface area contributed by atoms with Gasteiger partial charge in [0.15, 0.2) is 0 Å². The first kappa shape index (κ1) is 13.6. The standard InChI is InChI=1S/C17H20O2/c1-4-19-17(18)15-10-7-13(3)11-16(15)14-8-5-12(2)6-9-14/h5-9,11,15H,4,10H2,1-3H3. The Hall–Kier alpha value is -1.83. The van der Waals surface area contributed by atoms with Crippen LogP contribution >= 0.6 is 0 Å². The molecule has 1 atom stereocenters. The van der Waals surface area contributed by atoms with Crippen molar-refractivity contribution in [1.82, 2.24) is 0 Å². The van der Waals surface area contributed by atoms with E-state index in [-0.39, 0.29) is 11.9 Å². The van der Waals surface area contributed by atoms with Crippen LogP contribution in [0.4, 0.5) is 0 Å². The fourth-order valence-electron chi connectivity index (χ4n) is 2.33. The van der Waals surface area contributed by atoms with Gasteiger partial charge in [-0.2, -0.15) is 0 Å². The fraction of sp³-hybridized carbons (Fsp3) is 0.353. The van der Waals surface area contributed by atoms with Gasteiger partial charge < -0.3 is 4.74 Å². The van der Waals surface area contributed by atoms with Gasteiger partial charge in [0.2, 0.25) is 0 Å². The van der Waals surface area contributed by atoms with E-state index >= 15 is 0 Å². The van der Waals surface area contributed by atoms with E-state index < -0.39 is 0 Å². The van der Waals surface area contributed by atoms with Crippen molar-refractivity contribution in [3.63, 3.8) is 0 Å². The van der Waals surface area contributed by atoms with Crippen molar-refractivity contribution in [2.75, 3.05) is 6.61 Å². The van der Waals surface area contributed by atoms with Crippen LogP contribution in [-0.2, 0) is 9.53 Å². The Labute approximate surface area is 114 Å². The van der Waals surface area contributed by atoms with Crippen molar-refractivity contribution in [2.24, 2.45) is 5.92 Å². The van der Waals surface area contributed by atoms with E-state index in [0.29, 0.717) is 6.61 Å². The van der Waals surface area contributed by atoms with Crippen molar-refractivity contribution in [2.45, 2.75) is 27.2 Å². The number of aryl methyl sites for hydroxylation is 1. The molecular formula is C17H20O2. The molecule has 1 aliphatic rings. The molecule has 0 heterocycles. The van der Waals surface area contributed by atoms with E-state index in [1.807, 2.05) is 6.92 Å². The molecule has 2 nitrogen and oxygen atoms in total. The van der Waals surface area contributed by atoms with Gasteiger partial charge in [-0.25, -0.2) is 0 Å². The summed E-state index contributed by atoms with van der Waals surface area (Å²) in [4.78, 5) is 12.1. The summed E-state index contributed by atoms with van der Waals surface area (Å²) in [6.45, 7) is 6.40. The number of ether oxygens (including phenoxy) is 1. The van der Waals surface area contributed by atoms with Crippen LogP contribution in [-0.4, -0.2) is 12.6 Å². The summed E-state index contributed by atoms with van der Waals surface area (Å²) >= 11 is 0. The van der Waals surface area contributed by atoms with Crippen LogP contribution in [0.1, 0.15) is 31.4 Å².